The van der Waals surface area contributed by atoms with Crippen molar-refractivity contribution in [1.29, 1.82) is 0 Å². The zero-order valence-electron chi connectivity index (χ0n) is 11.1. The molecular weight excluding hydrogens is 234 g/mol. The molecule has 1 aromatic rings. The number of hydrogen-bond acceptors (Lipinski definition) is 4. The Bertz CT molecular complexity index is 488. The Kier molecular flexibility index (Phi) is 4.11. The minimum absolute atomic E-state index is 0.0710. The second kappa shape index (κ2) is 5.20. The van der Waals surface area contributed by atoms with Gasteiger partial charge >= 0.3 is 5.97 Å². The van der Waals surface area contributed by atoms with Gasteiger partial charge in [0.25, 0.3) is 5.56 Å². The van der Waals surface area contributed by atoms with E-state index in [4.69, 9.17) is 5.11 Å². The normalized spacial score (nSPS) is 13.1. The van der Waals surface area contributed by atoms with Crippen molar-refractivity contribution in [3.63, 3.8) is 0 Å². The number of nitrogens with zero attached hydrogens (tertiary/aromatic N) is 2. The van der Waals surface area contributed by atoms with Gasteiger partial charge in [0.05, 0.1) is 0 Å². The third kappa shape index (κ3) is 3.09. The first-order valence-corrected chi connectivity index (χ1v) is 5.85. The van der Waals surface area contributed by atoms with E-state index in [1.165, 1.54) is 10.8 Å². The fourth-order valence-electron chi connectivity index (χ4n) is 1.54. The molecule has 0 spiro atoms. The second-order valence-corrected chi connectivity index (χ2v) is 5.07. The van der Waals surface area contributed by atoms with Crippen LogP contribution in [-0.2, 0) is 10.3 Å². The van der Waals surface area contributed by atoms with Crippen LogP contribution in [0.2, 0.25) is 0 Å². The highest BCUT2D eigenvalue weighted by Gasteiger charge is 2.20. The molecule has 0 saturated heterocycles. The molecule has 6 nitrogen and oxygen atoms in total. The molecule has 0 aliphatic rings. The minimum atomic E-state index is -0.995. The molecule has 1 aromatic heterocycles. The Labute approximate surface area is 106 Å². The number of aromatic nitrogens is 2. The third-order valence-electron chi connectivity index (χ3n) is 2.58. The highest BCUT2D eigenvalue weighted by atomic mass is 16.4. The Morgan fingerprint density at radius 3 is 2.61 bits per heavy atom. The second-order valence-electron chi connectivity index (χ2n) is 5.07. The molecule has 0 radical (unpaired) electrons. The molecule has 0 fully saturated rings. The van der Waals surface area contributed by atoms with Crippen molar-refractivity contribution in [2.24, 2.45) is 0 Å². The average Bonchev–Trinajstić information content (AvgIpc) is 2.25. The molecule has 0 aliphatic heterocycles. The number of rotatable bonds is 4. The van der Waals surface area contributed by atoms with Crippen LogP contribution in [0.25, 0.3) is 0 Å². The molecule has 1 unspecified atom stereocenters. The van der Waals surface area contributed by atoms with E-state index in [-0.39, 0.29) is 16.9 Å². The minimum Gasteiger partial charge on any atom is -0.480 e. The van der Waals surface area contributed by atoms with Gasteiger partial charge in [-0.05, 0) is 27.2 Å². The van der Waals surface area contributed by atoms with Crippen LogP contribution in [0.4, 0.5) is 5.82 Å². The zero-order valence-corrected chi connectivity index (χ0v) is 11.1. The van der Waals surface area contributed by atoms with Gasteiger partial charge in [0, 0.05) is 17.9 Å². The first kappa shape index (κ1) is 14.2. The number of nitrogens with one attached hydrogen (secondary N) is 1. The van der Waals surface area contributed by atoms with Gasteiger partial charge in [0.2, 0.25) is 0 Å². The summed E-state index contributed by atoms with van der Waals surface area (Å²) < 4.78 is 1.52. The maximum absolute atomic E-state index is 12.1. The van der Waals surface area contributed by atoms with Crippen molar-refractivity contribution in [3.8, 4) is 0 Å². The van der Waals surface area contributed by atoms with Crippen LogP contribution in [0.3, 0.4) is 0 Å². The largest absolute Gasteiger partial charge is 0.480 e. The lowest BCUT2D eigenvalue weighted by Crippen LogP contribution is -2.38. The van der Waals surface area contributed by atoms with E-state index in [9.17, 15) is 9.59 Å². The molecule has 1 rings (SSSR count). The van der Waals surface area contributed by atoms with Crippen LogP contribution in [0.15, 0.2) is 17.2 Å². The summed E-state index contributed by atoms with van der Waals surface area (Å²) in [5.41, 5.74) is -0.689. The molecule has 0 aliphatic carbocycles. The number of carbonyl (C=O) groups is 1. The van der Waals surface area contributed by atoms with Crippen LogP contribution in [0, 0.1) is 0 Å². The monoisotopic (exact) mass is 253 g/mol. The van der Waals surface area contributed by atoms with E-state index in [1.807, 2.05) is 20.8 Å². The summed E-state index contributed by atoms with van der Waals surface area (Å²) in [6, 6.07) is -0.805. The van der Waals surface area contributed by atoms with Crippen LogP contribution >= 0.6 is 0 Å². The van der Waals surface area contributed by atoms with Crippen molar-refractivity contribution >= 4 is 11.8 Å². The third-order valence-corrected chi connectivity index (χ3v) is 2.58. The maximum Gasteiger partial charge on any atom is 0.326 e. The van der Waals surface area contributed by atoms with Gasteiger partial charge < -0.3 is 15.0 Å². The van der Waals surface area contributed by atoms with E-state index >= 15 is 0 Å². The predicted molar refractivity (Wildman–Crippen MR) is 68.8 cm³/mol. The summed E-state index contributed by atoms with van der Waals surface area (Å²) in [5, 5.41) is 11.6. The molecule has 2 N–H and O–H groups in total. The molecule has 0 saturated carbocycles. The first-order valence-electron chi connectivity index (χ1n) is 5.85. The number of carboxylic acids is 1. The number of anilines is 1. The van der Waals surface area contributed by atoms with Crippen molar-refractivity contribution in [2.45, 2.75) is 45.7 Å². The van der Waals surface area contributed by atoms with E-state index in [2.05, 4.69) is 10.3 Å². The maximum atomic E-state index is 12.1. The molecule has 1 atom stereocenters. The molecule has 0 aromatic carbocycles. The summed E-state index contributed by atoms with van der Waals surface area (Å²) in [4.78, 5) is 27.0. The van der Waals surface area contributed by atoms with Crippen LogP contribution in [0.5, 0.6) is 0 Å². The number of carboxylic acid groups (broad SMARTS) is 1. The standard InChI is InChI=1S/C12H19N3O3/c1-5-8(11(17)18)14-9-10(16)15(7-6-13-9)12(2,3)4/h6-8H,5H2,1-4H3,(H,13,14)(H,17,18). The van der Waals surface area contributed by atoms with Gasteiger partial charge in [-0.15, -0.1) is 0 Å². The molecule has 0 bridgehead atoms. The Balaban J connectivity index is 3.13. The SMILES string of the molecule is CCC(Nc1nccn(C(C)(C)C)c1=O)C(=O)O. The zero-order chi connectivity index (χ0) is 13.9. The Morgan fingerprint density at radius 1 is 1.56 bits per heavy atom. The van der Waals surface area contributed by atoms with E-state index in [1.54, 1.807) is 13.1 Å². The van der Waals surface area contributed by atoms with Crippen molar-refractivity contribution in [3.05, 3.63) is 22.7 Å². The smallest absolute Gasteiger partial charge is 0.326 e. The molecule has 1 heterocycles. The average molecular weight is 253 g/mol. The number of hydrogen-bond donors (Lipinski definition) is 2. The molecule has 6 heteroatoms. The molecule has 0 amide bonds. The van der Waals surface area contributed by atoms with Crippen LogP contribution < -0.4 is 10.9 Å². The van der Waals surface area contributed by atoms with E-state index in [0.29, 0.717) is 6.42 Å². The predicted octanol–water partition coefficient (Wildman–Crippen LogP) is 1.27. The van der Waals surface area contributed by atoms with Gasteiger partial charge in [0.15, 0.2) is 5.82 Å². The topological polar surface area (TPSA) is 84.2 Å². The summed E-state index contributed by atoms with van der Waals surface area (Å²) in [6.45, 7) is 7.42. The lowest BCUT2D eigenvalue weighted by molar-refractivity contribution is -0.137. The van der Waals surface area contributed by atoms with E-state index < -0.39 is 12.0 Å². The summed E-state index contributed by atoms with van der Waals surface area (Å²) in [5.74, 6) is -0.925. The van der Waals surface area contributed by atoms with Crippen LogP contribution in [-0.4, -0.2) is 26.7 Å². The Morgan fingerprint density at radius 2 is 2.17 bits per heavy atom. The molecular formula is C12H19N3O3. The number of aliphatic carboxylic acids is 1. The van der Waals surface area contributed by atoms with Crippen molar-refractivity contribution in [2.75, 3.05) is 5.32 Å². The lowest BCUT2D eigenvalue weighted by atomic mass is 10.1. The fraction of sp³-hybridized carbons (Fsp3) is 0.583. The van der Waals surface area contributed by atoms with Gasteiger partial charge in [-0.3, -0.25) is 4.79 Å². The summed E-state index contributed by atoms with van der Waals surface area (Å²) in [7, 11) is 0. The molecule has 100 valence electrons. The van der Waals surface area contributed by atoms with Gasteiger partial charge in [-0.1, -0.05) is 6.92 Å². The van der Waals surface area contributed by atoms with E-state index in [0.717, 1.165) is 0 Å². The molecule has 18 heavy (non-hydrogen) atoms. The van der Waals surface area contributed by atoms with Gasteiger partial charge in [-0.25, -0.2) is 9.78 Å². The fourth-order valence-corrected chi connectivity index (χ4v) is 1.54. The quantitative estimate of drug-likeness (QED) is 0.844. The van der Waals surface area contributed by atoms with Gasteiger partial charge in [-0.2, -0.15) is 0 Å². The van der Waals surface area contributed by atoms with Gasteiger partial charge in [0.1, 0.15) is 6.04 Å². The lowest BCUT2D eigenvalue weighted by Gasteiger charge is -2.23. The van der Waals surface area contributed by atoms with Crippen molar-refractivity contribution in [1.82, 2.24) is 9.55 Å². The highest BCUT2D eigenvalue weighted by Crippen LogP contribution is 2.11. The highest BCUT2D eigenvalue weighted by molar-refractivity contribution is 5.76. The van der Waals surface area contributed by atoms with Crippen LogP contribution in [0.1, 0.15) is 34.1 Å². The first-order chi connectivity index (χ1) is 8.27. The summed E-state index contributed by atoms with van der Waals surface area (Å²) in [6.07, 6.45) is 3.46. The summed E-state index contributed by atoms with van der Waals surface area (Å²) >= 11 is 0. The Hall–Kier alpha value is -1.85. The van der Waals surface area contributed by atoms with Crippen molar-refractivity contribution < 1.29 is 9.90 Å².